The highest BCUT2D eigenvalue weighted by atomic mass is 16.4. The third-order valence-corrected chi connectivity index (χ3v) is 3.59. The molecule has 6 heteroatoms. The fourth-order valence-electron chi connectivity index (χ4n) is 2.39. The van der Waals surface area contributed by atoms with Crippen LogP contribution in [-0.4, -0.2) is 54.2 Å². The lowest BCUT2D eigenvalue weighted by Gasteiger charge is -2.16. The van der Waals surface area contributed by atoms with Crippen LogP contribution in [0.15, 0.2) is 0 Å². The van der Waals surface area contributed by atoms with Gasteiger partial charge in [-0.1, -0.05) is 19.8 Å². The maximum atomic E-state index is 11.6. The van der Waals surface area contributed by atoms with Crippen LogP contribution in [0.3, 0.4) is 0 Å². The fourth-order valence-corrected chi connectivity index (χ4v) is 2.39. The van der Waals surface area contributed by atoms with E-state index in [1.54, 1.807) is 0 Å². The minimum absolute atomic E-state index is 0.380. The number of carbonyl (C=O) groups is 2. The van der Waals surface area contributed by atoms with Gasteiger partial charge in [0.05, 0.1) is 0 Å². The van der Waals surface area contributed by atoms with Crippen LogP contribution in [0.2, 0.25) is 0 Å². The average Bonchev–Trinajstić information content (AvgIpc) is 2.92. The molecule has 6 nitrogen and oxygen atoms in total. The molecule has 116 valence electrons. The minimum Gasteiger partial charge on any atom is -0.480 e. The van der Waals surface area contributed by atoms with E-state index in [-0.39, 0.29) is 6.03 Å². The Morgan fingerprint density at radius 2 is 1.95 bits per heavy atom. The first kappa shape index (κ1) is 16.8. The number of urea groups is 1. The molecule has 1 aliphatic heterocycles. The largest absolute Gasteiger partial charge is 0.480 e. The van der Waals surface area contributed by atoms with Crippen molar-refractivity contribution < 1.29 is 14.7 Å². The number of unbranched alkanes of at least 4 members (excludes halogenated alkanes) is 1. The van der Waals surface area contributed by atoms with Crippen LogP contribution >= 0.6 is 0 Å². The predicted molar refractivity (Wildman–Crippen MR) is 77.8 cm³/mol. The van der Waals surface area contributed by atoms with Crippen LogP contribution in [0, 0.1) is 0 Å². The Bertz CT molecular complexity index is 304. The first-order valence-corrected chi connectivity index (χ1v) is 7.63. The van der Waals surface area contributed by atoms with Crippen molar-refractivity contribution in [3.8, 4) is 0 Å². The molecule has 1 aliphatic rings. The molecule has 1 rings (SSSR count). The SMILES string of the molecule is CCCCC(NC(=O)NCCCN1CCCC1)C(=O)O. The summed E-state index contributed by atoms with van der Waals surface area (Å²) < 4.78 is 0. The summed E-state index contributed by atoms with van der Waals surface area (Å²) in [7, 11) is 0. The third kappa shape index (κ3) is 6.75. The van der Waals surface area contributed by atoms with Crippen molar-refractivity contribution in [3.05, 3.63) is 0 Å². The van der Waals surface area contributed by atoms with E-state index < -0.39 is 12.0 Å². The van der Waals surface area contributed by atoms with Gasteiger partial charge in [0.2, 0.25) is 0 Å². The molecule has 0 aliphatic carbocycles. The number of carbonyl (C=O) groups excluding carboxylic acids is 1. The maximum absolute atomic E-state index is 11.6. The van der Waals surface area contributed by atoms with Crippen LogP contribution in [0.1, 0.15) is 45.4 Å². The van der Waals surface area contributed by atoms with Gasteiger partial charge in [0.15, 0.2) is 0 Å². The number of amides is 2. The molecule has 0 aromatic carbocycles. The number of carboxylic acids is 1. The van der Waals surface area contributed by atoms with Gasteiger partial charge in [-0.2, -0.15) is 0 Å². The van der Waals surface area contributed by atoms with Crippen LogP contribution in [-0.2, 0) is 4.79 Å². The molecule has 2 amide bonds. The molecule has 1 saturated heterocycles. The Hall–Kier alpha value is -1.30. The van der Waals surface area contributed by atoms with E-state index >= 15 is 0 Å². The van der Waals surface area contributed by atoms with Crippen LogP contribution in [0.4, 0.5) is 4.79 Å². The molecular formula is C14H27N3O3. The van der Waals surface area contributed by atoms with Crippen molar-refractivity contribution in [1.82, 2.24) is 15.5 Å². The first-order valence-electron chi connectivity index (χ1n) is 7.63. The summed E-state index contributed by atoms with van der Waals surface area (Å²) in [5, 5.41) is 14.3. The normalized spacial score (nSPS) is 16.9. The van der Waals surface area contributed by atoms with Gasteiger partial charge in [-0.05, 0) is 45.3 Å². The zero-order chi connectivity index (χ0) is 14.8. The molecule has 3 N–H and O–H groups in total. The van der Waals surface area contributed by atoms with E-state index in [1.165, 1.54) is 12.8 Å². The van der Waals surface area contributed by atoms with Gasteiger partial charge in [0, 0.05) is 6.54 Å². The zero-order valence-electron chi connectivity index (χ0n) is 12.4. The second kappa shape index (κ2) is 9.58. The average molecular weight is 285 g/mol. The molecule has 1 heterocycles. The number of nitrogens with zero attached hydrogens (tertiary/aromatic N) is 1. The van der Waals surface area contributed by atoms with Crippen molar-refractivity contribution in [2.75, 3.05) is 26.2 Å². The Balaban J connectivity index is 2.12. The van der Waals surface area contributed by atoms with Crippen molar-refractivity contribution in [2.45, 2.75) is 51.5 Å². The molecule has 1 atom stereocenters. The number of carboxylic acid groups (broad SMARTS) is 1. The predicted octanol–water partition coefficient (Wildman–Crippen LogP) is 1.41. The maximum Gasteiger partial charge on any atom is 0.326 e. The topological polar surface area (TPSA) is 81.7 Å². The summed E-state index contributed by atoms with van der Waals surface area (Å²) in [4.78, 5) is 25.0. The Labute approximate surface area is 120 Å². The van der Waals surface area contributed by atoms with Crippen molar-refractivity contribution >= 4 is 12.0 Å². The molecular weight excluding hydrogens is 258 g/mol. The Kier molecular flexibility index (Phi) is 8.02. The number of rotatable bonds is 9. The lowest BCUT2D eigenvalue weighted by molar-refractivity contribution is -0.139. The molecule has 0 spiro atoms. The number of nitrogens with one attached hydrogen (secondary N) is 2. The van der Waals surface area contributed by atoms with Gasteiger partial charge >= 0.3 is 12.0 Å². The third-order valence-electron chi connectivity index (χ3n) is 3.59. The van der Waals surface area contributed by atoms with Gasteiger partial charge in [-0.15, -0.1) is 0 Å². The highest BCUT2D eigenvalue weighted by Gasteiger charge is 2.18. The molecule has 20 heavy (non-hydrogen) atoms. The molecule has 0 saturated carbocycles. The molecule has 1 fully saturated rings. The monoisotopic (exact) mass is 285 g/mol. The summed E-state index contributed by atoms with van der Waals surface area (Å²) in [5.41, 5.74) is 0. The summed E-state index contributed by atoms with van der Waals surface area (Å²) >= 11 is 0. The van der Waals surface area contributed by atoms with Gasteiger partial charge in [0.1, 0.15) is 6.04 Å². The molecule has 0 radical (unpaired) electrons. The van der Waals surface area contributed by atoms with E-state index in [2.05, 4.69) is 15.5 Å². The lowest BCUT2D eigenvalue weighted by Crippen LogP contribution is -2.46. The zero-order valence-corrected chi connectivity index (χ0v) is 12.4. The lowest BCUT2D eigenvalue weighted by atomic mass is 10.1. The van der Waals surface area contributed by atoms with Crippen LogP contribution in [0.5, 0.6) is 0 Å². The smallest absolute Gasteiger partial charge is 0.326 e. The first-order chi connectivity index (χ1) is 9.63. The van der Waals surface area contributed by atoms with Crippen molar-refractivity contribution in [2.24, 2.45) is 0 Å². The summed E-state index contributed by atoms with van der Waals surface area (Å²) in [6, 6.07) is -1.16. The summed E-state index contributed by atoms with van der Waals surface area (Å²) in [5.74, 6) is -0.967. The van der Waals surface area contributed by atoms with Gasteiger partial charge in [0.25, 0.3) is 0 Å². The highest BCUT2D eigenvalue weighted by Crippen LogP contribution is 2.06. The quantitative estimate of drug-likeness (QED) is 0.560. The second-order valence-corrected chi connectivity index (χ2v) is 5.34. The van der Waals surface area contributed by atoms with E-state index in [0.717, 1.165) is 38.9 Å². The van der Waals surface area contributed by atoms with Crippen LogP contribution < -0.4 is 10.6 Å². The molecule has 1 unspecified atom stereocenters. The number of hydrogen-bond acceptors (Lipinski definition) is 3. The Morgan fingerprint density at radius 3 is 2.55 bits per heavy atom. The second-order valence-electron chi connectivity index (χ2n) is 5.34. The number of aliphatic carboxylic acids is 1. The van der Waals surface area contributed by atoms with Gasteiger partial charge in [-0.25, -0.2) is 9.59 Å². The van der Waals surface area contributed by atoms with Crippen molar-refractivity contribution in [3.63, 3.8) is 0 Å². The highest BCUT2D eigenvalue weighted by molar-refractivity contribution is 5.82. The van der Waals surface area contributed by atoms with Crippen molar-refractivity contribution in [1.29, 1.82) is 0 Å². The molecule has 0 bridgehead atoms. The molecule has 0 aromatic rings. The summed E-state index contributed by atoms with van der Waals surface area (Å²) in [6.07, 6.45) is 5.64. The number of hydrogen-bond donors (Lipinski definition) is 3. The number of likely N-dealkylation sites (tertiary alicyclic amines) is 1. The molecule has 0 aromatic heterocycles. The van der Waals surface area contributed by atoms with Crippen LogP contribution in [0.25, 0.3) is 0 Å². The summed E-state index contributed by atoms with van der Waals surface area (Å²) in [6.45, 7) is 5.90. The Morgan fingerprint density at radius 1 is 1.25 bits per heavy atom. The van der Waals surface area contributed by atoms with E-state index in [9.17, 15) is 9.59 Å². The van der Waals surface area contributed by atoms with Gasteiger partial charge in [-0.3, -0.25) is 0 Å². The fraction of sp³-hybridized carbons (Fsp3) is 0.857. The van der Waals surface area contributed by atoms with E-state index in [1.807, 2.05) is 6.92 Å². The van der Waals surface area contributed by atoms with Gasteiger partial charge < -0.3 is 20.6 Å². The minimum atomic E-state index is -0.967. The van der Waals surface area contributed by atoms with E-state index in [4.69, 9.17) is 5.11 Å². The standard InChI is InChI=1S/C14H27N3O3/c1-2-3-7-12(13(18)19)16-14(20)15-8-6-11-17-9-4-5-10-17/h12H,2-11H2,1H3,(H,18,19)(H2,15,16,20). The van der Waals surface area contributed by atoms with E-state index in [0.29, 0.717) is 13.0 Å².